The number of hydrogen-bond donors (Lipinski definition) is 1. The molecule has 144 valence electrons. The maximum absolute atomic E-state index is 10.2. The lowest BCUT2D eigenvalue weighted by Crippen LogP contribution is -2.52. The average Bonchev–Trinajstić information content (AvgIpc) is 3.01. The average molecular weight is 364 g/mol. The van der Waals surface area contributed by atoms with Crippen molar-refractivity contribution in [2.45, 2.75) is 65.4 Å². The Labute approximate surface area is 163 Å². The maximum Gasteiger partial charge on any atom is 0.0577 e. The lowest BCUT2D eigenvalue weighted by molar-refractivity contribution is -0.0425. The first kappa shape index (κ1) is 17.7. The van der Waals surface area contributed by atoms with Crippen LogP contribution in [0, 0.1) is 34.5 Å². The Kier molecular flexibility index (Phi) is 3.95. The first-order valence-corrected chi connectivity index (χ1v) is 10.9. The molecule has 4 aliphatic carbocycles. The van der Waals surface area contributed by atoms with Crippen LogP contribution >= 0.6 is 0 Å². The van der Waals surface area contributed by atoms with Gasteiger partial charge in [-0.2, -0.15) is 0 Å². The molecule has 0 aliphatic heterocycles. The van der Waals surface area contributed by atoms with Crippen LogP contribution in [0.2, 0.25) is 0 Å². The van der Waals surface area contributed by atoms with Crippen LogP contribution in [0.5, 0.6) is 0 Å². The predicted molar refractivity (Wildman–Crippen MR) is 110 cm³/mol. The predicted octanol–water partition coefficient (Wildman–Crippen LogP) is 5.64. The van der Waals surface area contributed by atoms with Crippen LogP contribution in [-0.2, 0) is 0 Å². The zero-order valence-electron chi connectivity index (χ0n) is 17.0. The Morgan fingerprint density at radius 3 is 2.70 bits per heavy atom. The Morgan fingerprint density at radius 2 is 1.93 bits per heavy atom. The molecular formula is C25H33NO. The number of pyridine rings is 1. The molecule has 0 bridgehead atoms. The summed E-state index contributed by atoms with van der Waals surface area (Å²) >= 11 is 0. The van der Waals surface area contributed by atoms with E-state index in [1.807, 2.05) is 6.20 Å². The largest absolute Gasteiger partial charge is 0.393 e. The summed E-state index contributed by atoms with van der Waals surface area (Å²) in [5.41, 5.74) is 5.04. The van der Waals surface area contributed by atoms with Gasteiger partial charge in [-0.25, -0.2) is 0 Å². The summed E-state index contributed by atoms with van der Waals surface area (Å²) in [6.45, 7) is 7.49. The second-order valence-corrected chi connectivity index (χ2v) is 10.2. The van der Waals surface area contributed by atoms with Crippen molar-refractivity contribution in [2.24, 2.45) is 34.5 Å². The molecule has 27 heavy (non-hydrogen) atoms. The van der Waals surface area contributed by atoms with Gasteiger partial charge in [0, 0.05) is 12.4 Å². The number of aromatic nitrogens is 1. The monoisotopic (exact) mass is 363 g/mol. The summed E-state index contributed by atoms with van der Waals surface area (Å²) in [5, 5.41) is 10.2. The minimum absolute atomic E-state index is 0.118. The molecule has 0 radical (unpaired) electrons. The molecule has 0 aromatic carbocycles. The van der Waals surface area contributed by atoms with E-state index < -0.39 is 0 Å². The summed E-state index contributed by atoms with van der Waals surface area (Å²) < 4.78 is 0. The van der Waals surface area contributed by atoms with Crippen molar-refractivity contribution < 1.29 is 5.11 Å². The zero-order chi connectivity index (χ0) is 18.8. The van der Waals surface area contributed by atoms with Gasteiger partial charge in [-0.15, -0.1) is 0 Å². The van der Waals surface area contributed by atoms with Crippen molar-refractivity contribution in [3.05, 3.63) is 47.8 Å². The van der Waals surface area contributed by atoms with E-state index in [4.69, 9.17) is 0 Å². The Balaban J connectivity index is 1.52. The van der Waals surface area contributed by atoms with Crippen molar-refractivity contribution in [2.75, 3.05) is 0 Å². The van der Waals surface area contributed by atoms with Crippen LogP contribution < -0.4 is 0 Å². The molecule has 2 saturated carbocycles. The number of nitrogens with zero attached hydrogens (tertiary/aromatic N) is 1. The first-order chi connectivity index (χ1) is 12.9. The molecule has 1 aromatic rings. The van der Waals surface area contributed by atoms with Crippen LogP contribution in [0.15, 0.2) is 42.3 Å². The SMILES string of the molecule is C[C@H]1C=C2CC(O)CC[C@]2(C)[C@H]2CC[C@]3(C)C(c4cccnc4)=CC[C@H]3[C@H]12. The van der Waals surface area contributed by atoms with Gasteiger partial charge in [0.05, 0.1) is 6.10 Å². The summed E-state index contributed by atoms with van der Waals surface area (Å²) in [6.07, 6.45) is 15.8. The number of allylic oxidation sites excluding steroid dienone is 3. The summed E-state index contributed by atoms with van der Waals surface area (Å²) in [5.74, 6) is 2.90. The number of hydrogen-bond acceptors (Lipinski definition) is 2. The van der Waals surface area contributed by atoms with E-state index in [1.165, 1.54) is 31.2 Å². The third-order valence-electron chi connectivity index (χ3n) is 8.96. The summed E-state index contributed by atoms with van der Waals surface area (Å²) in [4.78, 5) is 4.39. The molecule has 0 amide bonds. The maximum atomic E-state index is 10.2. The van der Waals surface area contributed by atoms with Gasteiger partial charge in [-0.05, 0) is 90.2 Å². The second kappa shape index (κ2) is 6.04. The van der Waals surface area contributed by atoms with E-state index in [9.17, 15) is 5.11 Å². The molecule has 0 spiro atoms. The third kappa shape index (κ3) is 2.45. The number of fused-ring (bicyclic) bond motifs is 5. The Morgan fingerprint density at radius 1 is 1.11 bits per heavy atom. The van der Waals surface area contributed by atoms with E-state index in [0.717, 1.165) is 30.6 Å². The molecule has 4 aliphatic rings. The number of aliphatic hydroxyl groups excluding tert-OH is 1. The van der Waals surface area contributed by atoms with Crippen LogP contribution in [-0.4, -0.2) is 16.2 Å². The lowest BCUT2D eigenvalue weighted by atomic mass is 9.45. The van der Waals surface area contributed by atoms with Crippen molar-refractivity contribution in [3.8, 4) is 0 Å². The van der Waals surface area contributed by atoms with Crippen LogP contribution in [0.1, 0.15) is 64.9 Å². The highest BCUT2D eigenvalue weighted by atomic mass is 16.3. The third-order valence-corrected chi connectivity index (χ3v) is 8.96. The number of aliphatic hydroxyl groups is 1. The standard InChI is InChI=1S/C25H33NO/c1-16-13-18-14-19(27)8-10-24(18,2)22-9-11-25(3)20(6-7-21(25)23(16)22)17-5-4-12-26-15-17/h4-6,12-13,15-16,19,21-23,27H,7-11,14H2,1-3H3/t16-,19?,21-,22-,23-,24-,25+/m0/s1. The number of rotatable bonds is 1. The minimum Gasteiger partial charge on any atom is -0.393 e. The van der Waals surface area contributed by atoms with Crippen LogP contribution in [0.3, 0.4) is 0 Å². The zero-order valence-corrected chi connectivity index (χ0v) is 17.0. The molecule has 1 unspecified atom stereocenters. The summed E-state index contributed by atoms with van der Waals surface area (Å²) in [6, 6.07) is 4.32. The van der Waals surface area contributed by atoms with Gasteiger partial charge >= 0.3 is 0 Å². The smallest absolute Gasteiger partial charge is 0.0577 e. The molecule has 1 aromatic heterocycles. The quantitative estimate of drug-likeness (QED) is 0.655. The first-order valence-electron chi connectivity index (χ1n) is 10.9. The molecule has 0 saturated heterocycles. The highest BCUT2D eigenvalue weighted by Gasteiger charge is 2.58. The van der Waals surface area contributed by atoms with Crippen LogP contribution in [0.25, 0.3) is 5.57 Å². The second-order valence-electron chi connectivity index (χ2n) is 10.2. The van der Waals surface area contributed by atoms with Gasteiger partial charge in [0.25, 0.3) is 0 Å². The lowest BCUT2D eigenvalue weighted by Gasteiger charge is -2.59. The van der Waals surface area contributed by atoms with Crippen molar-refractivity contribution in [3.63, 3.8) is 0 Å². The van der Waals surface area contributed by atoms with Gasteiger partial charge in [-0.1, -0.05) is 44.6 Å². The van der Waals surface area contributed by atoms with E-state index in [2.05, 4.69) is 56.2 Å². The Bertz CT molecular complexity index is 796. The fourth-order valence-electron chi connectivity index (χ4n) is 7.54. The topological polar surface area (TPSA) is 33.1 Å². The molecule has 2 heteroatoms. The van der Waals surface area contributed by atoms with E-state index in [-0.39, 0.29) is 11.5 Å². The van der Waals surface area contributed by atoms with Crippen molar-refractivity contribution >= 4 is 5.57 Å². The van der Waals surface area contributed by atoms with Gasteiger partial charge in [0.15, 0.2) is 0 Å². The van der Waals surface area contributed by atoms with Gasteiger partial charge < -0.3 is 5.11 Å². The fraction of sp³-hybridized carbons (Fsp3) is 0.640. The van der Waals surface area contributed by atoms with Gasteiger partial charge in [-0.3, -0.25) is 4.98 Å². The molecule has 7 atom stereocenters. The van der Waals surface area contributed by atoms with E-state index in [0.29, 0.717) is 11.3 Å². The highest BCUT2D eigenvalue weighted by molar-refractivity contribution is 5.72. The molecule has 1 heterocycles. The summed E-state index contributed by atoms with van der Waals surface area (Å²) in [7, 11) is 0. The van der Waals surface area contributed by atoms with Gasteiger partial charge in [0.1, 0.15) is 0 Å². The highest BCUT2D eigenvalue weighted by Crippen LogP contribution is 2.67. The van der Waals surface area contributed by atoms with Crippen LogP contribution in [0.4, 0.5) is 0 Å². The fourth-order valence-corrected chi connectivity index (χ4v) is 7.54. The molecular weight excluding hydrogens is 330 g/mol. The van der Waals surface area contributed by atoms with E-state index in [1.54, 1.807) is 11.1 Å². The molecule has 1 N–H and O–H groups in total. The molecule has 2 nitrogen and oxygen atoms in total. The normalized spacial score (nSPS) is 46.0. The molecule has 5 rings (SSSR count). The Hall–Kier alpha value is -1.41. The van der Waals surface area contributed by atoms with Crippen molar-refractivity contribution in [1.29, 1.82) is 0 Å². The molecule has 2 fully saturated rings. The van der Waals surface area contributed by atoms with Gasteiger partial charge in [0.2, 0.25) is 0 Å². The van der Waals surface area contributed by atoms with Crippen molar-refractivity contribution in [1.82, 2.24) is 4.98 Å². The minimum atomic E-state index is -0.118. The van der Waals surface area contributed by atoms with E-state index >= 15 is 0 Å².